The van der Waals surface area contributed by atoms with Crippen molar-refractivity contribution in [3.05, 3.63) is 0 Å². The number of nitrogens with zero attached hydrogens (tertiary/aromatic N) is 1. The third kappa shape index (κ3) is 1.92. The first-order chi connectivity index (χ1) is 5.29. The van der Waals surface area contributed by atoms with Gasteiger partial charge in [0, 0.05) is 18.6 Å². The predicted molar refractivity (Wildman–Crippen MR) is 45.3 cm³/mol. The average molecular weight is 158 g/mol. The molecule has 1 aliphatic heterocycles. The summed E-state index contributed by atoms with van der Waals surface area (Å²) >= 11 is 0. The van der Waals surface area contributed by atoms with Crippen LogP contribution in [-0.2, 0) is 0 Å². The van der Waals surface area contributed by atoms with Crippen LogP contribution in [0.15, 0.2) is 0 Å². The summed E-state index contributed by atoms with van der Waals surface area (Å²) in [5.41, 5.74) is 5.55. The molecular formula is C8H18N2O. The molecule has 66 valence electrons. The van der Waals surface area contributed by atoms with Crippen molar-refractivity contribution < 1.29 is 5.11 Å². The standard InChI is InChI=1S/C8H18N2O/c1-7(5-9)10-4-2-3-8(10)6-11/h7-8,11H,2-6,9H2,1H3. The van der Waals surface area contributed by atoms with Gasteiger partial charge in [-0.15, -0.1) is 0 Å². The van der Waals surface area contributed by atoms with Gasteiger partial charge in [0.2, 0.25) is 0 Å². The number of hydrogen-bond acceptors (Lipinski definition) is 3. The third-order valence-electron chi connectivity index (χ3n) is 2.54. The summed E-state index contributed by atoms with van der Waals surface area (Å²) in [6.07, 6.45) is 2.33. The summed E-state index contributed by atoms with van der Waals surface area (Å²) in [4.78, 5) is 2.31. The van der Waals surface area contributed by atoms with Gasteiger partial charge in [0.1, 0.15) is 0 Å². The lowest BCUT2D eigenvalue weighted by Crippen LogP contribution is -2.43. The van der Waals surface area contributed by atoms with Crippen LogP contribution in [0.3, 0.4) is 0 Å². The number of aliphatic hydroxyl groups excluding tert-OH is 1. The first-order valence-electron chi connectivity index (χ1n) is 4.36. The second-order valence-electron chi connectivity index (χ2n) is 3.30. The van der Waals surface area contributed by atoms with E-state index >= 15 is 0 Å². The van der Waals surface area contributed by atoms with Crippen LogP contribution < -0.4 is 5.73 Å². The van der Waals surface area contributed by atoms with Gasteiger partial charge in [-0.25, -0.2) is 0 Å². The Morgan fingerprint density at radius 1 is 1.73 bits per heavy atom. The summed E-state index contributed by atoms with van der Waals surface area (Å²) in [7, 11) is 0. The Hall–Kier alpha value is -0.120. The van der Waals surface area contributed by atoms with Crippen molar-refractivity contribution in [1.29, 1.82) is 0 Å². The molecule has 2 atom stereocenters. The maximum absolute atomic E-state index is 9.00. The van der Waals surface area contributed by atoms with Crippen molar-refractivity contribution in [2.45, 2.75) is 31.8 Å². The van der Waals surface area contributed by atoms with Crippen LogP contribution in [-0.4, -0.2) is 41.8 Å². The smallest absolute Gasteiger partial charge is 0.0587 e. The molecule has 2 unspecified atom stereocenters. The van der Waals surface area contributed by atoms with Crippen LogP contribution in [0.5, 0.6) is 0 Å². The quantitative estimate of drug-likeness (QED) is 0.597. The van der Waals surface area contributed by atoms with Gasteiger partial charge < -0.3 is 10.8 Å². The summed E-state index contributed by atoms with van der Waals surface area (Å²) in [6, 6.07) is 0.795. The molecule has 0 aromatic heterocycles. The van der Waals surface area contributed by atoms with E-state index in [9.17, 15) is 0 Å². The number of nitrogens with two attached hydrogens (primary N) is 1. The highest BCUT2D eigenvalue weighted by atomic mass is 16.3. The summed E-state index contributed by atoms with van der Waals surface area (Å²) in [5.74, 6) is 0. The molecule has 1 fully saturated rings. The van der Waals surface area contributed by atoms with Gasteiger partial charge in [0.05, 0.1) is 6.61 Å². The van der Waals surface area contributed by atoms with Crippen LogP contribution in [0.1, 0.15) is 19.8 Å². The van der Waals surface area contributed by atoms with E-state index < -0.39 is 0 Å². The van der Waals surface area contributed by atoms with E-state index in [0.717, 1.165) is 13.0 Å². The molecular weight excluding hydrogens is 140 g/mol. The van der Waals surface area contributed by atoms with Gasteiger partial charge in [-0.1, -0.05) is 0 Å². The first-order valence-corrected chi connectivity index (χ1v) is 4.36. The van der Waals surface area contributed by atoms with E-state index in [0.29, 0.717) is 18.6 Å². The second-order valence-corrected chi connectivity index (χ2v) is 3.30. The predicted octanol–water partition coefficient (Wildman–Crippen LogP) is -0.210. The van der Waals surface area contributed by atoms with Crippen LogP contribution >= 0.6 is 0 Å². The lowest BCUT2D eigenvalue weighted by molar-refractivity contribution is 0.129. The number of aliphatic hydroxyl groups is 1. The second kappa shape index (κ2) is 4.04. The first kappa shape index (κ1) is 8.97. The molecule has 0 aliphatic carbocycles. The maximum atomic E-state index is 9.00. The Labute approximate surface area is 68.2 Å². The van der Waals surface area contributed by atoms with Crippen LogP contribution in [0.25, 0.3) is 0 Å². The Bertz CT molecular complexity index is 119. The van der Waals surface area contributed by atoms with Crippen molar-refractivity contribution >= 4 is 0 Å². The molecule has 3 nitrogen and oxygen atoms in total. The van der Waals surface area contributed by atoms with Gasteiger partial charge in [-0.05, 0) is 26.3 Å². The normalized spacial score (nSPS) is 29.2. The fourth-order valence-electron chi connectivity index (χ4n) is 1.77. The summed E-state index contributed by atoms with van der Waals surface area (Å²) in [6.45, 7) is 4.19. The van der Waals surface area contributed by atoms with Crippen molar-refractivity contribution in [3.8, 4) is 0 Å². The topological polar surface area (TPSA) is 49.5 Å². The molecule has 1 aliphatic rings. The fraction of sp³-hybridized carbons (Fsp3) is 1.00. The molecule has 0 bridgehead atoms. The van der Waals surface area contributed by atoms with Crippen molar-refractivity contribution in [3.63, 3.8) is 0 Å². The van der Waals surface area contributed by atoms with Gasteiger partial charge >= 0.3 is 0 Å². The zero-order valence-electron chi connectivity index (χ0n) is 7.16. The minimum atomic E-state index is 0.282. The van der Waals surface area contributed by atoms with E-state index in [4.69, 9.17) is 10.8 Å². The van der Waals surface area contributed by atoms with Gasteiger partial charge in [-0.2, -0.15) is 0 Å². The van der Waals surface area contributed by atoms with Gasteiger partial charge in [0.25, 0.3) is 0 Å². The molecule has 0 amide bonds. The molecule has 0 spiro atoms. The van der Waals surface area contributed by atoms with E-state index in [-0.39, 0.29) is 6.61 Å². The Kier molecular flexibility index (Phi) is 3.30. The Morgan fingerprint density at radius 3 is 3.00 bits per heavy atom. The fourth-order valence-corrected chi connectivity index (χ4v) is 1.77. The SMILES string of the molecule is CC(CN)N1CCCC1CO. The zero-order chi connectivity index (χ0) is 8.27. The third-order valence-corrected chi connectivity index (χ3v) is 2.54. The molecule has 3 N–H and O–H groups in total. The van der Waals surface area contributed by atoms with E-state index in [1.165, 1.54) is 6.42 Å². The monoisotopic (exact) mass is 158 g/mol. The van der Waals surface area contributed by atoms with Crippen molar-refractivity contribution in [2.75, 3.05) is 19.7 Å². The minimum absolute atomic E-state index is 0.282. The largest absolute Gasteiger partial charge is 0.395 e. The van der Waals surface area contributed by atoms with Crippen LogP contribution in [0.2, 0.25) is 0 Å². The molecule has 1 rings (SSSR count). The average Bonchev–Trinajstić information content (AvgIpc) is 2.50. The molecule has 0 saturated carbocycles. The Balaban J connectivity index is 2.42. The van der Waals surface area contributed by atoms with Crippen molar-refractivity contribution in [2.24, 2.45) is 5.73 Å². The summed E-state index contributed by atoms with van der Waals surface area (Å²) in [5, 5.41) is 9.00. The van der Waals surface area contributed by atoms with E-state index in [1.54, 1.807) is 0 Å². The number of rotatable bonds is 3. The molecule has 3 heteroatoms. The zero-order valence-corrected chi connectivity index (χ0v) is 7.16. The van der Waals surface area contributed by atoms with Gasteiger partial charge in [-0.3, -0.25) is 4.90 Å². The molecule has 0 aromatic carbocycles. The Morgan fingerprint density at radius 2 is 2.45 bits per heavy atom. The highest BCUT2D eigenvalue weighted by Gasteiger charge is 2.26. The number of likely N-dealkylation sites (tertiary alicyclic amines) is 1. The molecule has 0 aromatic rings. The lowest BCUT2D eigenvalue weighted by atomic mass is 10.2. The highest BCUT2D eigenvalue weighted by molar-refractivity contribution is 4.82. The molecule has 11 heavy (non-hydrogen) atoms. The number of hydrogen-bond donors (Lipinski definition) is 2. The van der Waals surface area contributed by atoms with Crippen LogP contribution in [0.4, 0.5) is 0 Å². The summed E-state index contributed by atoms with van der Waals surface area (Å²) < 4.78 is 0. The lowest BCUT2D eigenvalue weighted by Gasteiger charge is -2.28. The molecule has 1 heterocycles. The van der Waals surface area contributed by atoms with E-state index in [1.807, 2.05) is 0 Å². The van der Waals surface area contributed by atoms with Crippen LogP contribution in [0, 0.1) is 0 Å². The van der Waals surface area contributed by atoms with Crippen molar-refractivity contribution in [1.82, 2.24) is 4.90 Å². The molecule has 0 radical (unpaired) electrons. The molecule has 1 saturated heterocycles. The maximum Gasteiger partial charge on any atom is 0.0587 e. The minimum Gasteiger partial charge on any atom is -0.395 e. The highest BCUT2D eigenvalue weighted by Crippen LogP contribution is 2.18. The van der Waals surface area contributed by atoms with E-state index in [2.05, 4.69) is 11.8 Å². The van der Waals surface area contributed by atoms with Gasteiger partial charge in [0.15, 0.2) is 0 Å².